The van der Waals surface area contributed by atoms with Gasteiger partial charge in [-0.2, -0.15) is 5.10 Å². The normalized spacial score (nSPS) is 13.2. The molecule has 3 aromatic rings. The number of carbonyl (C=O) groups is 2. The van der Waals surface area contributed by atoms with Crippen LogP contribution in [-0.4, -0.2) is 38.0 Å². The molecule has 0 fully saturated rings. The Morgan fingerprint density at radius 3 is 2.70 bits per heavy atom. The Kier molecular flexibility index (Phi) is 5.90. The summed E-state index contributed by atoms with van der Waals surface area (Å²) in [6, 6.07) is 7.45. The second-order valence-corrected chi connectivity index (χ2v) is 7.85. The van der Waals surface area contributed by atoms with Crippen molar-refractivity contribution in [2.24, 2.45) is 0 Å². The van der Waals surface area contributed by atoms with Gasteiger partial charge in [0.05, 0.1) is 10.7 Å². The fraction of sp³-hybridized carbons (Fsp3) is 0.318. The lowest BCUT2D eigenvalue weighted by Crippen LogP contribution is -2.37. The van der Waals surface area contributed by atoms with Gasteiger partial charge in [0.2, 0.25) is 5.91 Å². The topological polar surface area (TPSA) is 81.0 Å². The molecular formula is C22H22ClN5O2. The molecule has 4 heterocycles. The predicted octanol–water partition coefficient (Wildman–Crippen LogP) is 3.63. The van der Waals surface area contributed by atoms with Crippen molar-refractivity contribution < 1.29 is 9.59 Å². The first-order valence-electron chi connectivity index (χ1n) is 9.92. The van der Waals surface area contributed by atoms with E-state index in [1.54, 1.807) is 23.5 Å². The number of hydrogen-bond donors (Lipinski definition) is 0. The summed E-state index contributed by atoms with van der Waals surface area (Å²) >= 11 is 5.98. The largest absolute Gasteiger partial charge is 0.299 e. The van der Waals surface area contributed by atoms with Gasteiger partial charge in [-0.15, -0.1) is 0 Å². The van der Waals surface area contributed by atoms with E-state index in [0.717, 1.165) is 35.6 Å². The molecule has 8 heteroatoms. The number of rotatable bonds is 6. The summed E-state index contributed by atoms with van der Waals surface area (Å²) in [5.41, 5.74) is 3.32. The lowest BCUT2D eigenvalue weighted by molar-refractivity contribution is -0.123. The van der Waals surface area contributed by atoms with Crippen molar-refractivity contribution >= 4 is 29.1 Å². The van der Waals surface area contributed by atoms with E-state index in [4.69, 9.17) is 11.6 Å². The first kappa shape index (κ1) is 20.2. The molecule has 4 rings (SSSR count). The lowest BCUT2D eigenvalue weighted by Gasteiger charge is -2.27. The van der Waals surface area contributed by atoms with Crippen molar-refractivity contribution in [3.63, 3.8) is 0 Å². The number of carbonyl (C=O) groups excluding carboxylic acids is 2. The highest BCUT2D eigenvalue weighted by molar-refractivity contribution is 6.30. The van der Waals surface area contributed by atoms with Gasteiger partial charge < -0.3 is 0 Å². The predicted molar refractivity (Wildman–Crippen MR) is 114 cm³/mol. The molecule has 1 aliphatic heterocycles. The van der Waals surface area contributed by atoms with Crippen molar-refractivity contribution in [1.82, 2.24) is 19.7 Å². The standard InChI is InChI=1S/C22H22ClN5O2/c1-15-9-21-27(7-2-8-28(21)26-15)22(30)6-5-20(29)11-19-4-3-16(13-25-19)17-10-18(23)14-24-12-17/h3-4,9-10,12-14H,2,5-8,11H2,1H3. The third-order valence-corrected chi connectivity index (χ3v) is 5.28. The zero-order chi connectivity index (χ0) is 21.1. The average Bonchev–Trinajstić information content (AvgIpc) is 3.12. The number of amides is 1. The fourth-order valence-electron chi connectivity index (χ4n) is 3.60. The van der Waals surface area contributed by atoms with Gasteiger partial charge in [-0.05, 0) is 25.5 Å². The lowest BCUT2D eigenvalue weighted by atomic mass is 10.1. The van der Waals surface area contributed by atoms with Crippen LogP contribution < -0.4 is 4.90 Å². The van der Waals surface area contributed by atoms with Crippen molar-refractivity contribution in [3.8, 4) is 11.1 Å². The summed E-state index contributed by atoms with van der Waals surface area (Å²) in [5.74, 6) is 0.777. The minimum Gasteiger partial charge on any atom is -0.299 e. The van der Waals surface area contributed by atoms with Crippen molar-refractivity contribution in [1.29, 1.82) is 0 Å². The number of aromatic nitrogens is 4. The summed E-state index contributed by atoms with van der Waals surface area (Å²) in [4.78, 5) is 35.2. The SMILES string of the molecule is Cc1cc2n(n1)CCCN2C(=O)CCC(=O)Cc1ccc(-c2cncc(Cl)c2)cn1. The molecule has 0 aliphatic carbocycles. The van der Waals surface area contributed by atoms with E-state index >= 15 is 0 Å². The van der Waals surface area contributed by atoms with E-state index < -0.39 is 0 Å². The van der Waals surface area contributed by atoms with Gasteiger partial charge in [0.25, 0.3) is 0 Å². The highest BCUT2D eigenvalue weighted by Gasteiger charge is 2.24. The smallest absolute Gasteiger partial charge is 0.228 e. The number of anilines is 1. The van der Waals surface area contributed by atoms with Gasteiger partial charge in [0.1, 0.15) is 11.6 Å². The number of nitrogens with zero attached hydrogens (tertiary/aromatic N) is 5. The Balaban J connectivity index is 1.32. The quantitative estimate of drug-likeness (QED) is 0.604. The van der Waals surface area contributed by atoms with Crippen LogP contribution in [0.25, 0.3) is 11.1 Å². The van der Waals surface area contributed by atoms with Gasteiger partial charge in [0, 0.05) is 73.8 Å². The maximum atomic E-state index is 12.7. The minimum atomic E-state index is -0.0408. The third-order valence-electron chi connectivity index (χ3n) is 5.07. The van der Waals surface area contributed by atoms with E-state index in [-0.39, 0.29) is 31.0 Å². The van der Waals surface area contributed by atoms with Crippen LogP contribution >= 0.6 is 11.6 Å². The second kappa shape index (κ2) is 8.75. The van der Waals surface area contributed by atoms with Crippen molar-refractivity contribution in [2.75, 3.05) is 11.4 Å². The maximum absolute atomic E-state index is 12.7. The molecule has 0 bridgehead atoms. The Morgan fingerprint density at radius 2 is 1.93 bits per heavy atom. The molecule has 1 amide bonds. The Bertz CT molecular complexity index is 1080. The molecule has 1 aliphatic rings. The molecule has 0 aromatic carbocycles. The molecular weight excluding hydrogens is 402 g/mol. The van der Waals surface area contributed by atoms with Crippen LogP contribution in [0.5, 0.6) is 0 Å². The van der Waals surface area contributed by atoms with E-state index in [0.29, 0.717) is 17.3 Å². The monoisotopic (exact) mass is 423 g/mol. The highest BCUT2D eigenvalue weighted by Crippen LogP contribution is 2.23. The van der Waals surface area contributed by atoms with Crippen LogP contribution in [0.4, 0.5) is 5.82 Å². The molecule has 30 heavy (non-hydrogen) atoms. The zero-order valence-corrected chi connectivity index (χ0v) is 17.5. The summed E-state index contributed by atoms with van der Waals surface area (Å²) in [5, 5.41) is 4.96. The second-order valence-electron chi connectivity index (χ2n) is 7.41. The number of Topliss-reactive ketones (excluding diaryl/α,β-unsaturated/α-hetero) is 1. The van der Waals surface area contributed by atoms with Crippen LogP contribution in [0.15, 0.2) is 42.9 Å². The van der Waals surface area contributed by atoms with E-state index in [1.165, 1.54) is 0 Å². The molecule has 0 saturated carbocycles. The van der Waals surface area contributed by atoms with Crippen molar-refractivity contribution in [2.45, 2.75) is 39.2 Å². The molecule has 0 atom stereocenters. The van der Waals surface area contributed by atoms with Crippen molar-refractivity contribution in [3.05, 3.63) is 59.3 Å². The van der Waals surface area contributed by atoms with Gasteiger partial charge in [-0.3, -0.25) is 24.5 Å². The Labute approximate surface area is 179 Å². The Morgan fingerprint density at radius 1 is 1.07 bits per heavy atom. The molecule has 0 unspecified atom stereocenters. The first-order chi connectivity index (χ1) is 14.5. The van der Waals surface area contributed by atoms with Crippen LogP contribution in [0.3, 0.4) is 0 Å². The maximum Gasteiger partial charge on any atom is 0.228 e. The van der Waals surface area contributed by atoms with Crippen LogP contribution in [0.2, 0.25) is 5.02 Å². The van der Waals surface area contributed by atoms with Crippen LogP contribution in [0.1, 0.15) is 30.7 Å². The molecule has 0 radical (unpaired) electrons. The number of pyridine rings is 2. The molecule has 3 aromatic heterocycles. The Hall–Kier alpha value is -3.06. The molecule has 0 saturated heterocycles. The minimum absolute atomic E-state index is 0.00489. The van der Waals surface area contributed by atoms with Gasteiger partial charge in [-0.1, -0.05) is 17.7 Å². The highest BCUT2D eigenvalue weighted by atomic mass is 35.5. The molecule has 7 nitrogen and oxygen atoms in total. The molecule has 0 spiro atoms. The molecule has 0 N–H and O–H groups in total. The number of hydrogen-bond acceptors (Lipinski definition) is 5. The fourth-order valence-corrected chi connectivity index (χ4v) is 3.77. The van der Waals surface area contributed by atoms with E-state index in [1.807, 2.05) is 35.9 Å². The van der Waals surface area contributed by atoms with Crippen LogP contribution in [0, 0.1) is 6.92 Å². The number of aryl methyl sites for hydroxylation is 2. The van der Waals surface area contributed by atoms with E-state index in [2.05, 4.69) is 15.1 Å². The average molecular weight is 424 g/mol. The zero-order valence-electron chi connectivity index (χ0n) is 16.7. The van der Waals surface area contributed by atoms with Gasteiger partial charge >= 0.3 is 0 Å². The van der Waals surface area contributed by atoms with Gasteiger partial charge in [0.15, 0.2) is 0 Å². The number of halogens is 1. The van der Waals surface area contributed by atoms with E-state index in [9.17, 15) is 9.59 Å². The third kappa shape index (κ3) is 4.57. The first-order valence-corrected chi connectivity index (χ1v) is 10.3. The summed E-state index contributed by atoms with van der Waals surface area (Å²) in [7, 11) is 0. The summed E-state index contributed by atoms with van der Waals surface area (Å²) in [6.07, 6.45) is 6.46. The number of fused-ring (bicyclic) bond motifs is 1. The summed E-state index contributed by atoms with van der Waals surface area (Å²) in [6.45, 7) is 3.40. The molecule has 154 valence electrons. The number of ketones is 1. The van der Waals surface area contributed by atoms with Gasteiger partial charge in [-0.25, -0.2) is 4.68 Å². The van der Waals surface area contributed by atoms with Crippen LogP contribution in [-0.2, 0) is 22.6 Å². The summed E-state index contributed by atoms with van der Waals surface area (Å²) < 4.78 is 1.86.